The van der Waals surface area contributed by atoms with E-state index in [-0.39, 0.29) is 0 Å². The van der Waals surface area contributed by atoms with Crippen LogP contribution in [-0.4, -0.2) is 17.2 Å². The van der Waals surface area contributed by atoms with Crippen LogP contribution in [0.2, 0.25) is 0 Å². The quantitative estimate of drug-likeness (QED) is 0.873. The smallest absolute Gasteiger partial charge is 0.0648 e. The van der Waals surface area contributed by atoms with E-state index in [4.69, 9.17) is 0 Å². The highest BCUT2D eigenvalue weighted by Gasteiger charge is 2.13. The van der Waals surface area contributed by atoms with Gasteiger partial charge in [-0.15, -0.1) is 0 Å². The van der Waals surface area contributed by atoms with Crippen LogP contribution in [0, 0.1) is 13.8 Å². The first-order valence-corrected chi connectivity index (χ1v) is 7.22. The number of nitrogens with zero attached hydrogens (tertiary/aromatic N) is 2. The van der Waals surface area contributed by atoms with Gasteiger partial charge in [-0.2, -0.15) is 10.2 Å². The van der Waals surface area contributed by atoms with Crippen LogP contribution in [0.5, 0.6) is 0 Å². The Bertz CT molecular complexity index is 537. The van der Waals surface area contributed by atoms with Gasteiger partial charge in [0.2, 0.25) is 0 Å². The lowest BCUT2D eigenvalue weighted by molar-refractivity contribution is 0.520. The summed E-state index contributed by atoms with van der Waals surface area (Å²) in [4.78, 5) is 0. The Balaban J connectivity index is 1.97. The number of aromatic nitrogens is 2. The van der Waals surface area contributed by atoms with Gasteiger partial charge in [-0.1, -0.05) is 30.3 Å². The average Bonchev–Trinajstić information content (AvgIpc) is 2.48. The maximum atomic E-state index is 4.22. The minimum absolute atomic E-state index is 0.355. The average molecular weight is 269 g/mol. The highest BCUT2D eigenvalue weighted by atomic mass is 15.1. The zero-order chi connectivity index (χ0) is 14.4. The molecule has 0 amide bonds. The lowest BCUT2D eigenvalue weighted by Crippen LogP contribution is -2.18. The van der Waals surface area contributed by atoms with Crippen LogP contribution in [-0.2, 0) is 6.42 Å². The van der Waals surface area contributed by atoms with Crippen molar-refractivity contribution in [3.8, 4) is 0 Å². The molecule has 2 rings (SSSR count). The van der Waals surface area contributed by atoms with Gasteiger partial charge in [-0.05, 0) is 57.4 Å². The van der Waals surface area contributed by atoms with Gasteiger partial charge in [-0.25, -0.2) is 0 Å². The number of rotatable bonds is 6. The van der Waals surface area contributed by atoms with E-state index in [0.29, 0.717) is 6.04 Å². The topological polar surface area (TPSA) is 37.8 Å². The molecule has 3 nitrogen and oxygen atoms in total. The number of benzene rings is 1. The third-order valence-electron chi connectivity index (χ3n) is 3.66. The van der Waals surface area contributed by atoms with Gasteiger partial charge in [0.15, 0.2) is 0 Å². The largest absolute Gasteiger partial charge is 0.313 e. The highest BCUT2D eigenvalue weighted by Crippen LogP contribution is 2.21. The van der Waals surface area contributed by atoms with Gasteiger partial charge in [0.25, 0.3) is 0 Å². The molecule has 0 saturated carbocycles. The Hall–Kier alpha value is -1.74. The van der Waals surface area contributed by atoms with Crippen LogP contribution < -0.4 is 5.32 Å². The Labute approximate surface area is 121 Å². The van der Waals surface area contributed by atoms with E-state index in [2.05, 4.69) is 51.9 Å². The fraction of sp³-hybridized carbons (Fsp3) is 0.412. The van der Waals surface area contributed by atoms with Gasteiger partial charge in [0.05, 0.1) is 11.4 Å². The van der Waals surface area contributed by atoms with Crippen molar-refractivity contribution < 1.29 is 0 Å². The van der Waals surface area contributed by atoms with E-state index in [1.54, 1.807) is 0 Å². The molecule has 1 aromatic heterocycles. The third-order valence-corrected chi connectivity index (χ3v) is 3.66. The van der Waals surface area contributed by atoms with E-state index < -0.39 is 0 Å². The van der Waals surface area contributed by atoms with Crippen molar-refractivity contribution in [2.24, 2.45) is 0 Å². The molecule has 1 unspecified atom stereocenters. The highest BCUT2D eigenvalue weighted by molar-refractivity contribution is 5.23. The minimum Gasteiger partial charge on any atom is -0.313 e. The fourth-order valence-corrected chi connectivity index (χ4v) is 2.53. The van der Waals surface area contributed by atoms with Crippen molar-refractivity contribution >= 4 is 0 Å². The Morgan fingerprint density at radius 3 is 2.55 bits per heavy atom. The van der Waals surface area contributed by atoms with E-state index >= 15 is 0 Å². The summed E-state index contributed by atoms with van der Waals surface area (Å²) in [5, 5.41) is 11.7. The second-order valence-electron chi connectivity index (χ2n) is 5.25. The number of aryl methyl sites for hydroxylation is 3. The molecular formula is C17H23N3. The van der Waals surface area contributed by atoms with Crippen molar-refractivity contribution in [3.05, 3.63) is 58.9 Å². The predicted octanol–water partition coefficient (Wildman–Crippen LogP) is 3.38. The molecule has 3 heteroatoms. The summed E-state index contributed by atoms with van der Waals surface area (Å²) in [5.74, 6) is 0. The molecule has 0 fully saturated rings. The number of nitrogens with one attached hydrogen (secondary N) is 1. The number of hydrogen-bond acceptors (Lipinski definition) is 3. The van der Waals surface area contributed by atoms with Gasteiger partial charge >= 0.3 is 0 Å². The van der Waals surface area contributed by atoms with E-state index in [1.807, 2.05) is 20.9 Å². The summed E-state index contributed by atoms with van der Waals surface area (Å²) in [5.41, 5.74) is 4.68. The van der Waals surface area contributed by atoms with E-state index in [0.717, 1.165) is 30.7 Å². The molecule has 0 saturated heterocycles. The summed E-state index contributed by atoms with van der Waals surface area (Å²) >= 11 is 0. The van der Waals surface area contributed by atoms with Crippen molar-refractivity contribution in [3.63, 3.8) is 0 Å². The molecule has 0 aliphatic carbocycles. The molecule has 106 valence electrons. The van der Waals surface area contributed by atoms with Crippen LogP contribution in [0.15, 0.2) is 36.4 Å². The van der Waals surface area contributed by atoms with Crippen LogP contribution in [0.4, 0.5) is 0 Å². The standard InChI is InChI=1S/C17H23N3/c1-13-12-16(14(2)20-19-13)17(18-3)11-7-10-15-8-5-4-6-9-15/h4-6,8-9,12,17-18H,7,10-11H2,1-3H3. The SMILES string of the molecule is CNC(CCCc1ccccc1)c1cc(C)nnc1C. The molecule has 0 radical (unpaired) electrons. The first kappa shape index (κ1) is 14.7. The molecule has 0 aliphatic heterocycles. The van der Waals surface area contributed by atoms with Crippen LogP contribution in [0.25, 0.3) is 0 Å². The Kier molecular flexibility index (Phi) is 5.24. The van der Waals surface area contributed by atoms with Crippen molar-refractivity contribution in [2.45, 2.75) is 39.2 Å². The molecule has 2 aromatic rings. The molecule has 20 heavy (non-hydrogen) atoms. The van der Waals surface area contributed by atoms with Gasteiger partial charge in [-0.3, -0.25) is 0 Å². The lowest BCUT2D eigenvalue weighted by Gasteiger charge is -2.18. The molecule has 0 aliphatic rings. The first-order chi connectivity index (χ1) is 9.70. The summed E-state index contributed by atoms with van der Waals surface area (Å²) < 4.78 is 0. The van der Waals surface area contributed by atoms with Gasteiger partial charge in [0.1, 0.15) is 0 Å². The minimum atomic E-state index is 0.355. The maximum Gasteiger partial charge on any atom is 0.0648 e. The molecule has 1 aromatic carbocycles. The Morgan fingerprint density at radius 1 is 1.10 bits per heavy atom. The molecule has 0 spiro atoms. The molecule has 1 N–H and O–H groups in total. The third kappa shape index (κ3) is 3.87. The van der Waals surface area contributed by atoms with Crippen molar-refractivity contribution in [2.75, 3.05) is 7.05 Å². The second kappa shape index (κ2) is 7.15. The molecule has 0 bridgehead atoms. The summed E-state index contributed by atoms with van der Waals surface area (Å²) in [7, 11) is 2.02. The van der Waals surface area contributed by atoms with Gasteiger partial charge < -0.3 is 5.32 Å². The molecular weight excluding hydrogens is 246 g/mol. The normalized spacial score (nSPS) is 12.3. The summed E-state index contributed by atoms with van der Waals surface area (Å²) in [6.07, 6.45) is 3.39. The lowest BCUT2D eigenvalue weighted by atomic mass is 9.98. The van der Waals surface area contributed by atoms with Crippen LogP contribution >= 0.6 is 0 Å². The predicted molar refractivity (Wildman–Crippen MR) is 82.7 cm³/mol. The summed E-state index contributed by atoms with van der Waals surface area (Å²) in [6.45, 7) is 4.02. The molecule has 1 atom stereocenters. The first-order valence-electron chi connectivity index (χ1n) is 7.22. The van der Waals surface area contributed by atoms with Crippen LogP contribution in [0.1, 0.15) is 41.4 Å². The molecule has 1 heterocycles. The van der Waals surface area contributed by atoms with Crippen LogP contribution in [0.3, 0.4) is 0 Å². The maximum absolute atomic E-state index is 4.22. The van der Waals surface area contributed by atoms with E-state index in [9.17, 15) is 0 Å². The number of hydrogen-bond donors (Lipinski definition) is 1. The summed E-state index contributed by atoms with van der Waals surface area (Å²) in [6, 6.07) is 13.2. The van der Waals surface area contributed by atoms with Gasteiger partial charge in [0, 0.05) is 6.04 Å². The second-order valence-corrected chi connectivity index (χ2v) is 5.25. The zero-order valence-electron chi connectivity index (χ0n) is 12.6. The van der Waals surface area contributed by atoms with Crippen molar-refractivity contribution in [1.82, 2.24) is 15.5 Å². The van der Waals surface area contributed by atoms with E-state index in [1.165, 1.54) is 11.1 Å². The fourth-order valence-electron chi connectivity index (χ4n) is 2.53. The monoisotopic (exact) mass is 269 g/mol. The zero-order valence-corrected chi connectivity index (χ0v) is 12.6. The Morgan fingerprint density at radius 2 is 1.85 bits per heavy atom. The van der Waals surface area contributed by atoms with Crippen molar-refractivity contribution in [1.29, 1.82) is 0 Å².